The number of nitrogens with two attached hydrogens (primary N) is 1. The Balaban J connectivity index is 1.45. The van der Waals surface area contributed by atoms with Crippen molar-refractivity contribution in [3.8, 4) is 22.6 Å². The lowest BCUT2D eigenvalue weighted by atomic mass is 9.58. The topological polar surface area (TPSA) is 177 Å². The fraction of sp³-hybridized carbons (Fsp3) is 0.441. The van der Waals surface area contributed by atoms with Crippen molar-refractivity contribution < 1.29 is 39.5 Å². The number of methoxy groups -OCH3 is 1. The Morgan fingerprint density at radius 3 is 2.41 bits per heavy atom. The highest BCUT2D eigenvalue weighted by Crippen LogP contribution is 2.53. The summed E-state index contributed by atoms with van der Waals surface area (Å²) < 4.78 is 5.69. The number of fused-ring (bicyclic) bond motifs is 3. The van der Waals surface area contributed by atoms with Gasteiger partial charge in [-0.15, -0.1) is 0 Å². The summed E-state index contributed by atoms with van der Waals surface area (Å²) in [6.07, 6.45) is 0.232. The average molecular weight is 633 g/mol. The van der Waals surface area contributed by atoms with Gasteiger partial charge >= 0.3 is 0 Å². The fourth-order valence-electron chi connectivity index (χ4n) is 7.84. The van der Waals surface area contributed by atoms with E-state index in [9.17, 15) is 34.8 Å². The molecule has 2 aromatic rings. The summed E-state index contributed by atoms with van der Waals surface area (Å²) in [5, 5.41) is 45.4. The SMILES string of the molecule is COc1ccc(-c2ccc(O)c3c2C[C@H]2C[C@H]4[C@H](N(C)C)C(O)=C(C(N)=O)C(=O)[C@@]4(O)C(O)=C2C3=O)cc1CN1CCN(C)CC1. The first-order valence-corrected chi connectivity index (χ1v) is 15.4. The third-order valence-corrected chi connectivity index (χ3v) is 10.2. The third kappa shape index (κ3) is 4.79. The Labute approximate surface area is 267 Å². The van der Waals surface area contributed by atoms with E-state index in [1.165, 1.54) is 11.0 Å². The largest absolute Gasteiger partial charge is 0.510 e. The number of piperazine rings is 1. The number of phenolic OH excluding ortho intramolecular Hbond substituents is 1. The molecule has 244 valence electrons. The molecule has 0 spiro atoms. The number of benzene rings is 2. The van der Waals surface area contributed by atoms with E-state index in [0.29, 0.717) is 12.1 Å². The molecule has 12 heteroatoms. The van der Waals surface area contributed by atoms with Crippen LogP contribution < -0.4 is 10.5 Å². The number of aliphatic hydroxyl groups is 3. The number of allylic oxidation sites excluding steroid dienone is 1. The molecule has 12 nitrogen and oxygen atoms in total. The minimum absolute atomic E-state index is 0.0188. The molecule has 3 aliphatic carbocycles. The van der Waals surface area contributed by atoms with Crippen molar-refractivity contribution in [2.45, 2.75) is 31.0 Å². The number of hydrogen-bond donors (Lipinski definition) is 5. The predicted molar refractivity (Wildman–Crippen MR) is 168 cm³/mol. The van der Waals surface area contributed by atoms with Crippen molar-refractivity contribution in [2.75, 3.05) is 54.4 Å². The lowest BCUT2D eigenvalue weighted by molar-refractivity contribution is -0.148. The first-order chi connectivity index (χ1) is 21.8. The predicted octanol–water partition coefficient (Wildman–Crippen LogP) is 1.54. The molecule has 0 radical (unpaired) electrons. The van der Waals surface area contributed by atoms with Crippen LogP contribution in [-0.2, 0) is 22.6 Å². The van der Waals surface area contributed by atoms with E-state index in [1.54, 1.807) is 27.3 Å². The Morgan fingerprint density at radius 1 is 1.09 bits per heavy atom. The van der Waals surface area contributed by atoms with Crippen LogP contribution in [0.25, 0.3) is 11.1 Å². The second-order valence-corrected chi connectivity index (χ2v) is 13.1. The van der Waals surface area contributed by atoms with E-state index in [0.717, 1.165) is 48.6 Å². The van der Waals surface area contributed by atoms with E-state index in [4.69, 9.17) is 10.5 Å². The van der Waals surface area contributed by atoms with Crippen molar-refractivity contribution in [1.82, 2.24) is 14.7 Å². The van der Waals surface area contributed by atoms with Crippen LogP contribution in [0.1, 0.15) is 27.9 Å². The number of Topliss-reactive ketones (excluding diaryl/α,β-unsaturated/α-hetero) is 2. The number of ether oxygens (including phenoxy) is 1. The van der Waals surface area contributed by atoms with Crippen molar-refractivity contribution in [3.63, 3.8) is 0 Å². The number of amides is 1. The zero-order valence-corrected chi connectivity index (χ0v) is 26.4. The molecule has 4 atom stereocenters. The van der Waals surface area contributed by atoms with Gasteiger partial charge in [0, 0.05) is 49.8 Å². The second kappa shape index (κ2) is 11.5. The van der Waals surface area contributed by atoms with Gasteiger partial charge in [0.05, 0.1) is 18.7 Å². The molecule has 1 amide bonds. The Hall–Kier alpha value is -4.23. The van der Waals surface area contributed by atoms with E-state index in [-0.39, 0.29) is 29.7 Å². The van der Waals surface area contributed by atoms with Gasteiger partial charge in [0.25, 0.3) is 5.91 Å². The van der Waals surface area contributed by atoms with Crippen molar-refractivity contribution in [2.24, 2.45) is 17.6 Å². The van der Waals surface area contributed by atoms with E-state index in [1.807, 2.05) is 18.2 Å². The Kier molecular flexibility index (Phi) is 7.96. The molecule has 46 heavy (non-hydrogen) atoms. The van der Waals surface area contributed by atoms with Crippen LogP contribution in [0.2, 0.25) is 0 Å². The summed E-state index contributed by atoms with van der Waals surface area (Å²) in [4.78, 5) is 46.1. The number of nitrogens with zero attached hydrogens (tertiary/aromatic N) is 3. The van der Waals surface area contributed by atoms with Crippen molar-refractivity contribution in [3.05, 3.63) is 69.7 Å². The molecule has 1 saturated heterocycles. The molecule has 0 saturated carbocycles. The number of primary amides is 1. The van der Waals surface area contributed by atoms with Gasteiger partial charge in [-0.05, 0) is 74.8 Å². The molecule has 1 aliphatic heterocycles. The molecule has 4 aliphatic rings. The summed E-state index contributed by atoms with van der Waals surface area (Å²) in [5.74, 6) is -5.99. The van der Waals surface area contributed by atoms with Gasteiger partial charge in [0.1, 0.15) is 28.6 Å². The molecule has 1 fully saturated rings. The summed E-state index contributed by atoms with van der Waals surface area (Å²) in [7, 11) is 6.94. The first kappa shape index (κ1) is 31.7. The molecule has 0 unspecified atom stereocenters. The lowest BCUT2D eigenvalue weighted by Gasteiger charge is -2.50. The average Bonchev–Trinajstić information content (AvgIpc) is 3.00. The van der Waals surface area contributed by atoms with E-state index in [2.05, 4.69) is 16.8 Å². The molecule has 1 heterocycles. The van der Waals surface area contributed by atoms with E-state index < -0.39 is 58.0 Å². The van der Waals surface area contributed by atoms with Gasteiger partial charge in [-0.25, -0.2) is 0 Å². The number of likely N-dealkylation sites (N-methyl/N-ethyl adjacent to an activating group) is 2. The zero-order valence-electron chi connectivity index (χ0n) is 26.4. The maximum absolute atomic E-state index is 14.1. The summed E-state index contributed by atoms with van der Waals surface area (Å²) in [5.41, 5.74) is 4.83. The minimum atomic E-state index is -2.67. The Bertz CT molecular complexity index is 1710. The van der Waals surface area contributed by atoms with Gasteiger partial charge in [-0.1, -0.05) is 12.1 Å². The summed E-state index contributed by atoms with van der Waals surface area (Å²) in [6.45, 7) is 4.45. The number of aromatic hydroxyl groups is 1. The van der Waals surface area contributed by atoms with Gasteiger partial charge < -0.3 is 35.8 Å². The number of phenols is 1. The standard InChI is InChI=1S/C34H40N4O8/c1-36(2)28-22-15-18-14-21-20(17-5-8-24(46-4)19(13-17)16-38-11-9-37(3)10-12-38)6-7-23(39)26(21)29(40)25(18)31(42)34(22,45)32(43)27(30(28)41)33(35)44/h5-8,13,18,22,28,39,41-42,45H,9-12,14-16H2,1-4H3,(H2,35,44)/t18-,22-,28-,34-/m0/s1. The number of aliphatic hydroxyl groups excluding tert-OH is 2. The van der Waals surface area contributed by atoms with Crippen LogP contribution >= 0.6 is 0 Å². The maximum atomic E-state index is 14.1. The minimum Gasteiger partial charge on any atom is -0.510 e. The van der Waals surface area contributed by atoms with E-state index >= 15 is 0 Å². The molecule has 0 aromatic heterocycles. The molecule has 0 bridgehead atoms. The van der Waals surface area contributed by atoms with Crippen molar-refractivity contribution in [1.29, 1.82) is 0 Å². The quantitative estimate of drug-likeness (QED) is 0.292. The number of hydrogen-bond acceptors (Lipinski definition) is 11. The highest BCUT2D eigenvalue weighted by Gasteiger charge is 2.63. The molecular weight excluding hydrogens is 592 g/mol. The fourth-order valence-corrected chi connectivity index (χ4v) is 7.84. The number of carbonyl (C=O) groups excluding carboxylic acids is 3. The van der Waals surface area contributed by atoms with Crippen LogP contribution in [-0.4, -0.2) is 119 Å². The van der Waals surface area contributed by atoms with Gasteiger partial charge in [-0.2, -0.15) is 0 Å². The summed E-state index contributed by atoms with van der Waals surface area (Å²) in [6, 6.07) is 7.97. The van der Waals surface area contributed by atoms with Crippen molar-refractivity contribution >= 4 is 17.5 Å². The highest BCUT2D eigenvalue weighted by atomic mass is 16.5. The molecule has 6 rings (SSSR count). The van der Waals surface area contributed by atoms with Crippen LogP contribution in [0, 0.1) is 11.8 Å². The zero-order chi connectivity index (χ0) is 33.2. The summed E-state index contributed by atoms with van der Waals surface area (Å²) >= 11 is 0. The first-order valence-electron chi connectivity index (χ1n) is 15.4. The lowest BCUT2D eigenvalue weighted by Crippen LogP contribution is -2.63. The molecule has 6 N–H and O–H groups in total. The maximum Gasteiger partial charge on any atom is 0.255 e. The highest BCUT2D eigenvalue weighted by molar-refractivity contribution is 6.24. The van der Waals surface area contributed by atoms with Gasteiger partial charge in [0.15, 0.2) is 11.4 Å². The Morgan fingerprint density at radius 2 is 1.78 bits per heavy atom. The van der Waals surface area contributed by atoms with Gasteiger partial charge in [0.2, 0.25) is 5.78 Å². The van der Waals surface area contributed by atoms with Crippen LogP contribution in [0.3, 0.4) is 0 Å². The smallest absolute Gasteiger partial charge is 0.255 e. The molecular formula is C34H40N4O8. The number of rotatable bonds is 6. The van der Waals surface area contributed by atoms with Crippen LogP contribution in [0.15, 0.2) is 53.0 Å². The number of ketones is 2. The normalized spacial score (nSPS) is 27.0. The second-order valence-electron chi connectivity index (χ2n) is 13.1. The monoisotopic (exact) mass is 632 g/mol. The van der Waals surface area contributed by atoms with Gasteiger partial charge in [-0.3, -0.25) is 24.2 Å². The molecule has 2 aromatic carbocycles. The third-order valence-electron chi connectivity index (χ3n) is 10.2. The van der Waals surface area contributed by atoms with Crippen LogP contribution in [0.5, 0.6) is 11.5 Å². The number of carbonyl (C=O) groups is 3. The van der Waals surface area contributed by atoms with Crippen LogP contribution in [0.4, 0.5) is 0 Å².